The van der Waals surface area contributed by atoms with Crippen molar-refractivity contribution in [2.75, 3.05) is 19.3 Å². The Kier molecular flexibility index (Phi) is 4.20. The predicted octanol–water partition coefficient (Wildman–Crippen LogP) is 1.51. The number of halogens is 3. The van der Waals surface area contributed by atoms with Gasteiger partial charge in [0, 0.05) is 20.1 Å². The van der Waals surface area contributed by atoms with Crippen LogP contribution in [0.5, 0.6) is 0 Å². The summed E-state index contributed by atoms with van der Waals surface area (Å²) in [6.07, 6.45) is -4.02. The number of amides is 1. The average molecular weight is 264 g/mol. The molecule has 0 aliphatic carbocycles. The van der Waals surface area contributed by atoms with Crippen molar-refractivity contribution >= 4 is 11.6 Å². The van der Waals surface area contributed by atoms with E-state index in [4.69, 9.17) is 5.73 Å². The lowest BCUT2D eigenvalue weighted by atomic mass is 10.3. The fourth-order valence-corrected chi connectivity index (χ4v) is 1.45. The fraction of sp³-hybridized carbons (Fsp3) is 0.600. The average Bonchev–Trinajstić information content (AvgIpc) is 2.65. The van der Waals surface area contributed by atoms with Crippen molar-refractivity contribution in [3.63, 3.8) is 0 Å². The van der Waals surface area contributed by atoms with Gasteiger partial charge in [-0.25, -0.2) is 0 Å². The summed E-state index contributed by atoms with van der Waals surface area (Å²) in [6.45, 7) is 1.78. The van der Waals surface area contributed by atoms with Crippen LogP contribution in [0.15, 0.2) is 6.20 Å². The minimum atomic E-state index is -4.29. The van der Waals surface area contributed by atoms with Crippen molar-refractivity contribution in [1.82, 2.24) is 14.7 Å². The van der Waals surface area contributed by atoms with Gasteiger partial charge in [0.2, 0.25) is 0 Å². The largest absolute Gasteiger partial charge is 0.396 e. The smallest absolute Gasteiger partial charge is 0.390 e. The number of hydrogen-bond donors (Lipinski definition) is 1. The van der Waals surface area contributed by atoms with E-state index in [0.717, 1.165) is 4.90 Å². The first-order valence-corrected chi connectivity index (χ1v) is 5.39. The van der Waals surface area contributed by atoms with E-state index in [1.807, 2.05) is 0 Å². The number of nitrogens with zero attached hydrogens (tertiary/aromatic N) is 3. The van der Waals surface area contributed by atoms with Gasteiger partial charge in [-0.1, -0.05) is 0 Å². The Bertz CT molecular complexity index is 427. The van der Waals surface area contributed by atoms with E-state index >= 15 is 0 Å². The summed E-state index contributed by atoms with van der Waals surface area (Å²) in [5.74, 6) is -0.559. The van der Waals surface area contributed by atoms with E-state index in [9.17, 15) is 18.0 Å². The zero-order valence-electron chi connectivity index (χ0n) is 10.2. The molecule has 0 aliphatic heterocycles. The third-order valence-corrected chi connectivity index (χ3v) is 2.45. The van der Waals surface area contributed by atoms with Crippen molar-refractivity contribution in [1.29, 1.82) is 0 Å². The number of rotatable bonds is 4. The topological polar surface area (TPSA) is 64.2 Å². The molecule has 1 amide bonds. The Balaban J connectivity index is 2.77. The molecular formula is C10H15F3N4O. The zero-order chi connectivity index (χ0) is 13.9. The second-order valence-corrected chi connectivity index (χ2v) is 3.86. The molecular weight excluding hydrogens is 249 g/mol. The molecule has 0 aliphatic rings. The third-order valence-electron chi connectivity index (χ3n) is 2.45. The van der Waals surface area contributed by atoms with Crippen LogP contribution in [-0.4, -0.2) is 40.4 Å². The first kappa shape index (κ1) is 14.3. The van der Waals surface area contributed by atoms with Gasteiger partial charge in [-0.15, -0.1) is 0 Å². The van der Waals surface area contributed by atoms with Crippen LogP contribution >= 0.6 is 0 Å². The Morgan fingerprint density at radius 1 is 1.56 bits per heavy atom. The fourth-order valence-electron chi connectivity index (χ4n) is 1.45. The third kappa shape index (κ3) is 3.38. The first-order valence-electron chi connectivity index (χ1n) is 5.39. The monoisotopic (exact) mass is 264 g/mol. The normalized spacial score (nSPS) is 11.6. The Hall–Kier alpha value is -1.73. The van der Waals surface area contributed by atoms with E-state index in [0.29, 0.717) is 6.54 Å². The highest BCUT2D eigenvalue weighted by molar-refractivity contribution is 5.97. The summed E-state index contributed by atoms with van der Waals surface area (Å²) in [5, 5.41) is 3.87. The summed E-state index contributed by atoms with van der Waals surface area (Å²) in [6, 6.07) is 0. The van der Waals surface area contributed by atoms with Crippen molar-refractivity contribution in [3.8, 4) is 0 Å². The maximum absolute atomic E-state index is 12.1. The molecule has 0 spiro atoms. The van der Waals surface area contributed by atoms with Crippen LogP contribution in [0, 0.1) is 0 Å². The lowest BCUT2D eigenvalue weighted by molar-refractivity contribution is -0.136. The van der Waals surface area contributed by atoms with Crippen LogP contribution in [-0.2, 0) is 6.54 Å². The summed E-state index contributed by atoms with van der Waals surface area (Å²) in [5.41, 5.74) is 5.88. The number of aryl methyl sites for hydroxylation is 1. The number of aromatic nitrogens is 2. The maximum Gasteiger partial charge on any atom is 0.390 e. The van der Waals surface area contributed by atoms with Crippen molar-refractivity contribution < 1.29 is 18.0 Å². The van der Waals surface area contributed by atoms with Gasteiger partial charge in [-0.3, -0.25) is 9.48 Å². The van der Waals surface area contributed by atoms with Crippen LogP contribution in [0.3, 0.4) is 0 Å². The Morgan fingerprint density at radius 2 is 2.17 bits per heavy atom. The number of carbonyl (C=O) groups is 1. The van der Waals surface area contributed by atoms with E-state index < -0.39 is 25.0 Å². The van der Waals surface area contributed by atoms with Crippen molar-refractivity contribution in [2.45, 2.75) is 26.1 Å². The molecule has 5 nitrogen and oxygen atoms in total. The molecule has 1 heterocycles. The quantitative estimate of drug-likeness (QED) is 0.896. The molecule has 0 bridgehead atoms. The minimum Gasteiger partial charge on any atom is -0.396 e. The lowest BCUT2D eigenvalue weighted by Crippen LogP contribution is -2.32. The molecule has 8 heteroatoms. The van der Waals surface area contributed by atoms with Crippen LogP contribution in [0.2, 0.25) is 0 Å². The van der Waals surface area contributed by atoms with E-state index in [1.165, 1.54) is 17.9 Å². The molecule has 0 saturated carbocycles. The molecule has 1 rings (SSSR count). The second-order valence-electron chi connectivity index (χ2n) is 3.86. The van der Waals surface area contributed by atoms with Crippen molar-refractivity contribution in [3.05, 3.63) is 11.9 Å². The van der Waals surface area contributed by atoms with Gasteiger partial charge in [0.15, 0.2) is 0 Å². The zero-order valence-corrected chi connectivity index (χ0v) is 10.2. The molecule has 0 unspecified atom stereocenters. The van der Waals surface area contributed by atoms with Crippen molar-refractivity contribution in [2.24, 2.45) is 0 Å². The summed E-state index contributed by atoms with van der Waals surface area (Å²) >= 11 is 0. The maximum atomic E-state index is 12.1. The van der Waals surface area contributed by atoms with Gasteiger partial charge >= 0.3 is 6.18 Å². The lowest BCUT2D eigenvalue weighted by Gasteiger charge is -2.18. The van der Waals surface area contributed by atoms with Crippen LogP contribution in [0.25, 0.3) is 0 Å². The van der Waals surface area contributed by atoms with E-state index in [1.54, 1.807) is 6.92 Å². The number of nitrogens with two attached hydrogens (primary N) is 1. The van der Waals surface area contributed by atoms with E-state index in [-0.39, 0.29) is 11.4 Å². The number of hydrogen-bond acceptors (Lipinski definition) is 3. The number of anilines is 1. The minimum absolute atomic E-state index is 0.127. The molecule has 18 heavy (non-hydrogen) atoms. The Labute approximate surface area is 102 Å². The Morgan fingerprint density at radius 3 is 2.67 bits per heavy atom. The summed E-state index contributed by atoms with van der Waals surface area (Å²) in [4.78, 5) is 12.9. The van der Waals surface area contributed by atoms with Crippen LogP contribution in [0.4, 0.5) is 18.9 Å². The summed E-state index contributed by atoms with van der Waals surface area (Å²) < 4.78 is 37.6. The molecule has 1 aromatic heterocycles. The van der Waals surface area contributed by atoms with Gasteiger partial charge in [-0.2, -0.15) is 18.3 Å². The summed E-state index contributed by atoms with van der Waals surface area (Å²) in [7, 11) is 1.31. The first-order chi connectivity index (χ1) is 8.26. The molecule has 0 atom stereocenters. The highest BCUT2D eigenvalue weighted by Gasteiger charge is 2.29. The van der Waals surface area contributed by atoms with Crippen LogP contribution in [0.1, 0.15) is 23.8 Å². The molecule has 0 radical (unpaired) electrons. The number of alkyl halides is 3. The molecule has 1 aromatic rings. The highest BCUT2D eigenvalue weighted by Crippen LogP contribution is 2.20. The van der Waals surface area contributed by atoms with E-state index in [2.05, 4.69) is 5.10 Å². The molecule has 0 aromatic carbocycles. The van der Waals surface area contributed by atoms with Gasteiger partial charge in [0.25, 0.3) is 5.91 Å². The standard InChI is InChI=1S/C10H15F3N4O/c1-3-17-8(7(14)6-15-17)9(18)16(2)5-4-10(11,12)13/h6H,3-5,14H2,1-2H3. The second kappa shape index (κ2) is 5.28. The highest BCUT2D eigenvalue weighted by atomic mass is 19.4. The molecule has 102 valence electrons. The van der Waals surface area contributed by atoms with Gasteiger partial charge < -0.3 is 10.6 Å². The van der Waals surface area contributed by atoms with Gasteiger partial charge in [0.05, 0.1) is 18.3 Å². The number of nitrogen functional groups attached to an aromatic ring is 1. The SMILES string of the molecule is CCn1ncc(N)c1C(=O)N(C)CCC(F)(F)F. The number of carbonyl (C=O) groups excluding carboxylic acids is 1. The molecule has 0 saturated heterocycles. The van der Waals surface area contributed by atoms with Gasteiger partial charge in [0.1, 0.15) is 5.69 Å². The predicted molar refractivity (Wildman–Crippen MR) is 59.9 cm³/mol. The van der Waals surface area contributed by atoms with Crippen LogP contribution < -0.4 is 5.73 Å². The molecule has 0 fully saturated rings. The van der Waals surface area contributed by atoms with Gasteiger partial charge in [-0.05, 0) is 6.92 Å². The molecule has 2 N–H and O–H groups in total.